The summed E-state index contributed by atoms with van der Waals surface area (Å²) in [6.45, 7) is 1.96. The van der Waals surface area contributed by atoms with Crippen molar-refractivity contribution in [1.29, 1.82) is 0 Å². The van der Waals surface area contributed by atoms with E-state index < -0.39 is 0 Å². The highest BCUT2D eigenvalue weighted by atomic mass is 16.1. The molecule has 22 heavy (non-hydrogen) atoms. The minimum absolute atomic E-state index is 0.305. The van der Waals surface area contributed by atoms with Crippen molar-refractivity contribution in [2.75, 3.05) is 0 Å². The van der Waals surface area contributed by atoms with E-state index >= 15 is 0 Å². The Bertz CT molecular complexity index is 651. The van der Waals surface area contributed by atoms with Gasteiger partial charge in [0.25, 0.3) is 0 Å². The number of hydrogen-bond acceptors (Lipinski definition) is 1. The van der Waals surface area contributed by atoms with E-state index in [2.05, 4.69) is 30.1 Å². The van der Waals surface area contributed by atoms with E-state index in [9.17, 15) is 4.79 Å². The average molecular weight is 292 g/mol. The Morgan fingerprint density at radius 3 is 3.14 bits per heavy atom. The maximum absolute atomic E-state index is 11.7. The molecular formula is C21H24O. The van der Waals surface area contributed by atoms with Crippen molar-refractivity contribution >= 4 is 5.78 Å². The number of ketones is 1. The Hall–Kier alpha value is -1.55. The molecule has 4 aliphatic rings. The van der Waals surface area contributed by atoms with Gasteiger partial charge in [-0.15, -0.1) is 11.8 Å². The normalized spacial score (nSPS) is 39.0. The number of carbonyl (C=O) groups is 1. The molecule has 4 aliphatic carbocycles. The molecule has 0 aliphatic heterocycles. The minimum atomic E-state index is 0.305. The monoisotopic (exact) mass is 292 g/mol. The van der Waals surface area contributed by atoms with Gasteiger partial charge in [0.2, 0.25) is 0 Å². The summed E-state index contributed by atoms with van der Waals surface area (Å²) in [6.07, 6.45) is 17.1. The van der Waals surface area contributed by atoms with Crippen LogP contribution in [0.2, 0.25) is 0 Å². The number of rotatable bonds is 1. The van der Waals surface area contributed by atoms with Crippen LogP contribution in [-0.2, 0) is 4.79 Å². The molecule has 0 unspecified atom stereocenters. The zero-order valence-electron chi connectivity index (χ0n) is 13.4. The van der Waals surface area contributed by atoms with Gasteiger partial charge in [0, 0.05) is 24.7 Å². The first-order chi connectivity index (χ1) is 10.7. The van der Waals surface area contributed by atoms with Crippen molar-refractivity contribution in [3.63, 3.8) is 0 Å². The lowest BCUT2D eigenvalue weighted by atomic mass is 9.57. The van der Waals surface area contributed by atoms with E-state index in [4.69, 9.17) is 0 Å². The van der Waals surface area contributed by atoms with Gasteiger partial charge in [-0.05, 0) is 55.6 Å². The SMILES string of the molecule is CC#CC[C@]12CC=C3[C@H]4CCC(=O)C=C4C=C[C@H]3[C@@H]1CCC2. The predicted molar refractivity (Wildman–Crippen MR) is 89.0 cm³/mol. The highest BCUT2D eigenvalue weighted by Crippen LogP contribution is 2.59. The smallest absolute Gasteiger partial charge is 0.156 e. The lowest BCUT2D eigenvalue weighted by molar-refractivity contribution is -0.115. The van der Waals surface area contributed by atoms with Crippen molar-refractivity contribution < 1.29 is 4.79 Å². The Labute approximate surface area is 133 Å². The molecule has 0 aromatic rings. The molecule has 0 aromatic carbocycles. The second-order valence-electron chi connectivity index (χ2n) is 7.46. The largest absolute Gasteiger partial charge is 0.295 e. The fourth-order valence-electron chi connectivity index (χ4n) is 5.39. The average Bonchev–Trinajstić information content (AvgIpc) is 2.96. The van der Waals surface area contributed by atoms with Crippen molar-refractivity contribution in [3.05, 3.63) is 35.5 Å². The van der Waals surface area contributed by atoms with Crippen LogP contribution in [-0.4, -0.2) is 5.78 Å². The van der Waals surface area contributed by atoms with Crippen LogP contribution in [0, 0.1) is 35.0 Å². The third-order valence-corrected chi connectivity index (χ3v) is 6.46. The molecule has 0 bridgehead atoms. The van der Waals surface area contributed by atoms with Gasteiger partial charge in [-0.25, -0.2) is 0 Å². The summed E-state index contributed by atoms with van der Waals surface area (Å²) in [5.74, 6) is 8.68. The highest BCUT2D eigenvalue weighted by molar-refractivity contribution is 5.92. The van der Waals surface area contributed by atoms with Gasteiger partial charge in [-0.3, -0.25) is 4.79 Å². The first kappa shape index (κ1) is 14.1. The van der Waals surface area contributed by atoms with Crippen molar-refractivity contribution in [1.82, 2.24) is 0 Å². The van der Waals surface area contributed by atoms with E-state index in [1.807, 2.05) is 13.0 Å². The second kappa shape index (κ2) is 5.27. The number of hydrogen-bond donors (Lipinski definition) is 0. The molecule has 4 rings (SSSR count). The number of allylic oxidation sites excluding steroid dienone is 6. The van der Waals surface area contributed by atoms with Crippen molar-refractivity contribution in [2.24, 2.45) is 23.2 Å². The van der Waals surface area contributed by atoms with Crippen LogP contribution in [0.15, 0.2) is 35.5 Å². The molecule has 0 radical (unpaired) electrons. The fourth-order valence-corrected chi connectivity index (χ4v) is 5.39. The van der Waals surface area contributed by atoms with Gasteiger partial charge >= 0.3 is 0 Å². The number of fused-ring (bicyclic) bond motifs is 5. The Kier molecular flexibility index (Phi) is 3.37. The molecule has 0 N–H and O–H groups in total. The lowest BCUT2D eigenvalue weighted by Crippen LogP contribution is -2.38. The first-order valence-corrected chi connectivity index (χ1v) is 8.76. The summed E-state index contributed by atoms with van der Waals surface area (Å²) in [7, 11) is 0. The van der Waals surface area contributed by atoms with Gasteiger partial charge in [0.05, 0.1) is 0 Å². The summed E-state index contributed by atoms with van der Waals surface area (Å²) in [5.41, 5.74) is 3.30. The fraction of sp³-hybridized carbons (Fsp3) is 0.571. The van der Waals surface area contributed by atoms with E-state index in [0.29, 0.717) is 23.0 Å². The molecule has 4 atom stereocenters. The molecule has 0 heterocycles. The maximum Gasteiger partial charge on any atom is 0.156 e. The predicted octanol–water partition coefficient (Wildman–Crippen LogP) is 4.61. The van der Waals surface area contributed by atoms with Crippen LogP contribution in [0.25, 0.3) is 0 Å². The highest BCUT2D eigenvalue weighted by Gasteiger charge is 2.49. The van der Waals surface area contributed by atoms with Crippen LogP contribution < -0.4 is 0 Å². The quantitative estimate of drug-likeness (QED) is 0.509. The van der Waals surface area contributed by atoms with E-state index in [0.717, 1.165) is 25.2 Å². The number of carbonyl (C=O) groups excluding carboxylic acids is 1. The molecule has 114 valence electrons. The van der Waals surface area contributed by atoms with Crippen LogP contribution >= 0.6 is 0 Å². The van der Waals surface area contributed by atoms with Crippen molar-refractivity contribution in [2.45, 2.75) is 51.9 Å². The van der Waals surface area contributed by atoms with Crippen LogP contribution in [0.5, 0.6) is 0 Å². The Morgan fingerprint density at radius 2 is 2.27 bits per heavy atom. The maximum atomic E-state index is 11.7. The van der Waals surface area contributed by atoms with Crippen molar-refractivity contribution in [3.8, 4) is 11.8 Å². The molecule has 0 amide bonds. The third-order valence-electron chi connectivity index (χ3n) is 6.46. The zero-order chi connectivity index (χ0) is 15.2. The molecule has 0 spiro atoms. The second-order valence-corrected chi connectivity index (χ2v) is 7.46. The third kappa shape index (κ3) is 2.04. The summed E-state index contributed by atoms with van der Waals surface area (Å²) in [5, 5.41) is 0. The summed E-state index contributed by atoms with van der Waals surface area (Å²) in [4.78, 5) is 11.7. The van der Waals surface area contributed by atoms with Gasteiger partial charge in [0.15, 0.2) is 5.78 Å². The minimum Gasteiger partial charge on any atom is -0.295 e. The van der Waals surface area contributed by atoms with Crippen LogP contribution in [0.4, 0.5) is 0 Å². The molecule has 0 saturated heterocycles. The van der Waals surface area contributed by atoms with Gasteiger partial charge < -0.3 is 0 Å². The zero-order valence-corrected chi connectivity index (χ0v) is 13.4. The molecular weight excluding hydrogens is 268 g/mol. The van der Waals surface area contributed by atoms with Crippen LogP contribution in [0.1, 0.15) is 51.9 Å². The standard InChI is InChI=1S/C21H24O/c1-2-3-11-21-12-4-5-20(21)19-8-6-15-14-16(22)7-9-17(15)18(19)10-13-21/h6,8,10,14,17,19-20H,4-5,7,9,11-13H2,1H3/t17-,19+,20-,21-/m0/s1. The molecule has 1 heteroatoms. The van der Waals surface area contributed by atoms with E-state index in [-0.39, 0.29) is 0 Å². The summed E-state index contributed by atoms with van der Waals surface area (Å²) < 4.78 is 0. The first-order valence-electron chi connectivity index (χ1n) is 8.76. The Morgan fingerprint density at radius 1 is 1.36 bits per heavy atom. The van der Waals surface area contributed by atoms with E-state index in [1.54, 1.807) is 5.57 Å². The van der Waals surface area contributed by atoms with Gasteiger partial charge in [0.1, 0.15) is 0 Å². The molecule has 1 fully saturated rings. The van der Waals surface area contributed by atoms with Crippen LogP contribution in [0.3, 0.4) is 0 Å². The summed E-state index contributed by atoms with van der Waals surface area (Å²) in [6, 6.07) is 0. The Balaban J connectivity index is 1.71. The molecule has 0 aromatic heterocycles. The van der Waals surface area contributed by atoms with Gasteiger partial charge in [-0.1, -0.05) is 30.2 Å². The molecule has 1 nitrogen and oxygen atoms in total. The topological polar surface area (TPSA) is 17.1 Å². The van der Waals surface area contributed by atoms with E-state index in [1.165, 1.54) is 31.3 Å². The van der Waals surface area contributed by atoms with Gasteiger partial charge in [-0.2, -0.15) is 0 Å². The lowest BCUT2D eigenvalue weighted by Gasteiger charge is -2.46. The summed E-state index contributed by atoms with van der Waals surface area (Å²) >= 11 is 0. The molecule has 1 saturated carbocycles.